The molecule has 0 radical (unpaired) electrons. The number of benzene rings is 1. The highest BCUT2D eigenvalue weighted by Gasteiger charge is 2.05. The van der Waals surface area contributed by atoms with Gasteiger partial charge < -0.3 is 4.74 Å². The third-order valence-corrected chi connectivity index (χ3v) is 2.18. The van der Waals surface area contributed by atoms with Crippen LogP contribution in [0.2, 0.25) is 0 Å². The molecule has 88 valence electrons. The van der Waals surface area contributed by atoms with Gasteiger partial charge in [0, 0.05) is 0 Å². The van der Waals surface area contributed by atoms with Gasteiger partial charge in [0.2, 0.25) is 0 Å². The van der Waals surface area contributed by atoms with Crippen LogP contribution in [0, 0.1) is 0 Å². The fourth-order valence-electron chi connectivity index (χ4n) is 1.40. The number of rotatable bonds is 2. The zero-order valence-corrected chi connectivity index (χ0v) is 8.89. The minimum atomic E-state index is -0.829. The van der Waals surface area contributed by atoms with Crippen LogP contribution in [-0.2, 0) is 0 Å². The van der Waals surface area contributed by atoms with E-state index in [1.807, 2.05) is 9.97 Å². The number of nitrogens with zero attached hydrogens (tertiary/aromatic N) is 1. The van der Waals surface area contributed by atoms with Crippen LogP contribution < -0.4 is 21.8 Å². The van der Waals surface area contributed by atoms with Gasteiger partial charge in [0.15, 0.2) is 0 Å². The molecule has 7 nitrogen and oxygen atoms in total. The van der Waals surface area contributed by atoms with Gasteiger partial charge in [-0.25, -0.2) is 19.0 Å². The summed E-state index contributed by atoms with van der Waals surface area (Å²) >= 11 is 0. The molecule has 17 heavy (non-hydrogen) atoms. The van der Waals surface area contributed by atoms with E-state index in [0.717, 1.165) is 4.57 Å². The summed E-state index contributed by atoms with van der Waals surface area (Å²) in [7, 11) is 1.51. The summed E-state index contributed by atoms with van der Waals surface area (Å²) in [5, 5.41) is 0. The van der Waals surface area contributed by atoms with Crippen molar-refractivity contribution in [2.45, 2.75) is 0 Å². The highest BCUT2D eigenvalue weighted by atomic mass is 16.5. The lowest BCUT2D eigenvalue weighted by atomic mass is 10.3. The van der Waals surface area contributed by atoms with Crippen LogP contribution in [0.3, 0.4) is 0 Å². The van der Waals surface area contributed by atoms with Gasteiger partial charge in [0.1, 0.15) is 5.75 Å². The number of aromatic amines is 2. The maximum absolute atomic E-state index is 11.5. The second-order valence-corrected chi connectivity index (χ2v) is 3.22. The summed E-state index contributed by atoms with van der Waals surface area (Å²) in [5.74, 6) is 0.600. The molecule has 1 aromatic heterocycles. The van der Waals surface area contributed by atoms with Crippen LogP contribution in [0.4, 0.5) is 0 Å². The van der Waals surface area contributed by atoms with Crippen molar-refractivity contribution >= 4 is 0 Å². The Labute approximate surface area is 94.3 Å². The van der Waals surface area contributed by atoms with Crippen molar-refractivity contribution in [1.82, 2.24) is 14.5 Å². The quantitative estimate of drug-likeness (QED) is 0.713. The van der Waals surface area contributed by atoms with Gasteiger partial charge in [-0.05, 0) is 24.3 Å². The van der Waals surface area contributed by atoms with Crippen molar-refractivity contribution in [3.8, 4) is 11.4 Å². The van der Waals surface area contributed by atoms with Crippen molar-refractivity contribution in [3.05, 3.63) is 55.7 Å². The molecular weight excluding hydrogens is 226 g/mol. The standard InChI is InChI=1S/C10H9N3O4/c1-17-7-4-2-6(3-5-7)13-9(15)11-8(14)12-10(13)16/h2-5H,1H3,(H2,11,12,14,15,16). The number of hydrogen-bond donors (Lipinski definition) is 2. The van der Waals surface area contributed by atoms with Gasteiger partial charge in [0.05, 0.1) is 12.8 Å². The molecule has 0 spiro atoms. The average molecular weight is 235 g/mol. The van der Waals surface area contributed by atoms with Gasteiger partial charge in [-0.1, -0.05) is 0 Å². The lowest BCUT2D eigenvalue weighted by Gasteiger charge is -2.04. The molecule has 0 atom stereocenters. The molecule has 2 aromatic rings. The predicted molar refractivity (Wildman–Crippen MR) is 59.8 cm³/mol. The van der Waals surface area contributed by atoms with E-state index in [1.54, 1.807) is 12.1 Å². The number of methoxy groups -OCH3 is 1. The first-order chi connectivity index (χ1) is 8.11. The molecule has 0 aliphatic rings. The second kappa shape index (κ2) is 4.12. The van der Waals surface area contributed by atoms with E-state index in [1.165, 1.54) is 19.2 Å². The lowest BCUT2D eigenvalue weighted by molar-refractivity contribution is 0.414. The van der Waals surface area contributed by atoms with Crippen LogP contribution in [0.15, 0.2) is 38.6 Å². The Balaban J connectivity index is 2.64. The highest BCUT2D eigenvalue weighted by molar-refractivity contribution is 5.36. The Morgan fingerprint density at radius 2 is 1.53 bits per heavy atom. The summed E-state index contributed by atoms with van der Waals surface area (Å²) in [6.07, 6.45) is 0. The second-order valence-electron chi connectivity index (χ2n) is 3.22. The van der Waals surface area contributed by atoms with Crippen LogP contribution in [-0.4, -0.2) is 21.6 Å². The fraction of sp³-hybridized carbons (Fsp3) is 0.100. The summed E-state index contributed by atoms with van der Waals surface area (Å²) < 4.78 is 5.77. The van der Waals surface area contributed by atoms with Crippen LogP contribution in [0.5, 0.6) is 5.75 Å². The molecule has 0 aliphatic heterocycles. The molecule has 1 heterocycles. The van der Waals surface area contributed by atoms with Gasteiger partial charge in [-0.3, -0.25) is 9.97 Å². The zero-order chi connectivity index (χ0) is 12.4. The topological polar surface area (TPSA) is 96.9 Å². The number of ether oxygens (including phenoxy) is 1. The molecule has 0 amide bonds. The van der Waals surface area contributed by atoms with Gasteiger partial charge in [-0.2, -0.15) is 0 Å². The third-order valence-electron chi connectivity index (χ3n) is 2.18. The van der Waals surface area contributed by atoms with Gasteiger partial charge in [0.25, 0.3) is 0 Å². The van der Waals surface area contributed by atoms with Crippen LogP contribution in [0.25, 0.3) is 5.69 Å². The van der Waals surface area contributed by atoms with E-state index in [-0.39, 0.29) is 0 Å². The number of hydrogen-bond acceptors (Lipinski definition) is 4. The first-order valence-corrected chi connectivity index (χ1v) is 4.72. The third kappa shape index (κ3) is 2.03. The summed E-state index contributed by atoms with van der Waals surface area (Å²) in [6, 6.07) is 6.28. The van der Waals surface area contributed by atoms with Crippen molar-refractivity contribution < 1.29 is 4.74 Å². The molecule has 7 heteroatoms. The Bertz CT molecular complexity index is 659. The van der Waals surface area contributed by atoms with E-state index in [2.05, 4.69) is 0 Å². The summed E-state index contributed by atoms with van der Waals surface area (Å²) in [6.45, 7) is 0. The van der Waals surface area contributed by atoms with E-state index in [4.69, 9.17) is 4.74 Å². The van der Waals surface area contributed by atoms with E-state index in [0.29, 0.717) is 11.4 Å². The first kappa shape index (κ1) is 10.9. The molecule has 0 saturated carbocycles. The highest BCUT2D eigenvalue weighted by Crippen LogP contribution is 2.11. The van der Waals surface area contributed by atoms with E-state index in [9.17, 15) is 14.4 Å². The van der Waals surface area contributed by atoms with Crippen LogP contribution in [0.1, 0.15) is 0 Å². The van der Waals surface area contributed by atoms with Crippen molar-refractivity contribution in [1.29, 1.82) is 0 Å². The number of aromatic nitrogens is 3. The summed E-state index contributed by atoms with van der Waals surface area (Å²) in [5.41, 5.74) is -2.06. The average Bonchev–Trinajstić information content (AvgIpc) is 2.28. The molecule has 1 aromatic carbocycles. The molecular formula is C10H9N3O4. The molecule has 2 N–H and O–H groups in total. The maximum atomic E-state index is 11.5. The summed E-state index contributed by atoms with van der Waals surface area (Å²) in [4.78, 5) is 37.7. The fourth-order valence-corrected chi connectivity index (χ4v) is 1.40. The van der Waals surface area contributed by atoms with E-state index < -0.39 is 17.1 Å². The Morgan fingerprint density at radius 3 is 2.00 bits per heavy atom. The lowest BCUT2D eigenvalue weighted by Crippen LogP contribution is -2.42. The van der Waals surface area contributed by atoms with E-state index >= 15 is 0 Å². The Morgan fingerprint density at radius 1 is 1.00 bits per heavy atom. The predicted octanol–water partition coefficient (Wildman–Crippen LogP) is -0.777. The molecule has 0 fully saturated rings. The van der Waals surface area contributed by atoms with Crippen molar-refractivity contribution in [2.24, 2.45) is 0 Å². The van der Waals surface area contributed by atoms with Crippen LogP contribution >= 0.6 is 0 Å². The maximum Gasteiger partial charge on any atom is 0.338 e. The Hall–Kier alpha value is -2.57. The smallest absolute Gasteiger partial charge is 0.338 e. The number of H-pyrrole nitrogens is 2. The zero-order valence-electron chi connectivity index (χ0n) is 8.89. The van der Waals surface area contributed by atoms with Gasteiger partial charge in [-0.15, -0.1) is 0 Å². The SMILES string of the molecule is COc1ccc(-n2c(=O)[nH]c(=O)[nH]c2=O)cc1. The largest absolute Gasteiger partial charge is 0.497 e. The minimum absolute atomic E-state index is 0.341. The van der Waals surface area contributed by atoms with Gasteiger partial charge >= 0.3 is 17.1 Å². The Kier molecular flexibility index (Phi) is 2.65. The molecule has 0 bridgehead atoms. The molecule has 0 unspecified atom stereocenters. The van der Waals surface area contributed by atoms with Crippen molar-refractivity contribution in [3.63, 3.8) is 0 Å². The minimum Gasteiger partial charge on any atom is -0.497 e. The molecule has 2 rings (SSSR count). The normalized spacial score (nSPS) is 10.2. The van der Waals surface area contributed by atoms with Crippen molar-refractivity contribution in [2.75, 3.05) is 7.11 Å². The number of nitrogens with one attached hydrogen (secondary N) is 2. The molecule has 0 aliphatic carbocycles. The molecule has 0 saturated heterocycles. The monoisotopic (exact) mass is 235 g/mol. The first-order valence-electron chi connectivity index (χ1n) is 4.72.